The van der Waals surface area contributed by atoms with Gasteiger partial charge in [-0.25, -0.2) is 9.78 Å². The fourth-order valence-electron chi connectivity index (χ4n) is 1.83. The zero-order chi connectivity index (χ0) is 15.3. The molecule has 1 unspecified atom stereocenters. The van der Waals surface area contributed by atoms with Crippen molar-refractivity contribution in [2.75, 3.05) is 13.1 Å². The first-order chi connectivity index (χ1) is 9.40. The molecule has 0 saturated carbocycles. The van der Waals surface area contributed by atoms with Crippen molar-refractivity contribution in [3.8, 4) is 5.75 Å². The van der Waals surface area contributed by atoms with E-state index in [1.54, 1.807) is 24.8 Å². The van der Waals surface area contributed by atoms with Crippen LogP contribution < -0.4 is 4.74 Å². The minimum Gasteiger partial charge on any atom is -0.478 e. The van der Waals surface area contributed by atoms with Gasteiger partial charge in [-0.2, -0.15) is 0 Å². The van der Waals surface area contributed by atoms with Crippen molar-refractivity contribution < 1.29 is 19.4 Å². The van der Waals surface area contributed by atoms with Crippen molar-refractivity contribution >= 4 is 11.9 Å². The molecular weight excluding hydrogens is 260 g/mol. The maximum absolute atomic E-state index is 12.1. The molecule has 110 valence electrons. The summed E-state index contributed by atoms with van der Waals surface area (Å²) in [7, 11) is 0. The number of rotatable bonds is 6. The number of aryl methyl sites for hydroxylation is 1. The second-order valence-corrected chi connectivity index (χ2v) is 4.38. The third-order valence-electron chi connectivity index (χ3n) is 2.93. The van der Waals surface area contributed by atoms with Gasteiger partial charge in [-0.05, 0) is 39.8 Å². The fraction of sp³-hybridized carbons (Fsp3) is 0.500. The van der Waals surface area contributed by atoms with Crippen LogP contribution in [0.3, 0.4) is 0 Å². The van der Waals surface area contributed by atoms with E-state index in [0.29, 0.717) is 18.8 Å². The molecular formula is C14H20N2O4. The highest BCUT2D eigenvalue weighted by Crippen LogP contribution is 2.19. The van der Waals surface area contributed by atoms with E-state index in [-0.39, 0.29) is 17.4 Å². The molecule has 0 saturated heterocycles. The van der Waals surface area contributed by atoms with Gasteiger partial charge in [-0.1, -0.05) is 0 Å². The number of likely N-dealkylation sites (N-methyl/N-ethyl adjacent to an activating group) is 1. The monoisotopic (exact) mass is 280 g/mol. The number of hydrogen-bond acceptors (Lipinski definition) is 4. The number of carboxylic acids is 1. The van der Waals surface area contributed by atoms with E-state index >= 15 is 0 Å². The second-order valence-electron chi connectivity index (χ2n) is 4.38. The summed E-state index contributed by atoms with van der Waals surface area (Å²) >= 11 is 0. The van der Waals surface area contributed by atoms with Gasteiger partial charge in [0.15, 0.2) is 17.5 Å². The third-order valence-corrected chi connectivity index (χ3v) is 2.93. The van der Waals surface area contributed by atoms with Gasteiger partial charge in [0.2, 0.25) is 0 Å². The summed E-state index contributed by atoms with van der Waals surface area (Å²) < 4.78 is 5.47. The highest BCUT2D eigenvalue weighted by atomic mass is 16.5. The fourth-order valence-corrected chi connectivity index (χ4v) is 1.83. The molecule has 1 aromatic heterocycles. The highest BCUT2D eigenvalue weighted by Gasteiger charge is 2.22. The Kier molecular flexibility index (Phi) is 5.49. The lowest BCUT2D eigenvalue weighted by Gasteiger charge is -2.23. The number of ether oxygens (including phenoxy) is 1. The Morgan fingerprint density at radius 1 is 1.35 bits per heavy atom. The van der Waals surface area contributed by atoms with Crippen LogP contribution in [-0.4, -0.2) is 46.1 Å². The van der Waals surface area contributed by atoms with Crippen LogP contribution in [0.25, 0.3) is 0 Å². The number of pyridine rings is 1. The van der Waals surface area contributed by atoms with Crippen molar-refractivity contribution in [3.63, 3.8) is 0 Å². The van der Waals surface area contributed by atoms with Crippen molar-refractivity contribution in [1.29, 1.82) is 0 Å². The van der Waals surface area contributed by atoms with E-state index < -0.39 is 12.1 Å². The number of amides is 1. The second kappa shape index (κ2) is 6.88. The molecule has 6 heteroatoms. The van der Waals surface area contributed by atoms with E-state index in [2.05, 4.69) is 4.98 Å². The van der Waals surface area contributed by atoms with Crippen molar-refractivity contribution in [2.24, 2.45) is 0 Å². The maximum atomic E-state index is 12.1. The largest absolute Gasteiger partial charge is 0.478 e. The third kappa shape index (κ3) is 3.69. The van der Waals surface area contributed by atoms with Crippen LogP contribution in [0.15, 0.2) is 12.1 Å². The lowest BCUT2D eigenvalue weighted by Crippen LogP contribution is -2.40. The lowest BCUT2D eigenvalue weighted by atomic mass is 10.2. The maximum Gasteiger partial charge on any atom is 0.358 e. The van der Waals surface area contributed by atoms with Crippen molar-refractivity contribution in [3.05, 3.63) is 23.5 Å². The standard InChI is InChI=1S/C14H20N2O4/c1-5-16(6-2)13(17)10(4)20-11-8-7-9(3)15-12(11)14(18)19/h7-8,10H,5-6H2,1-4H3,(H,18,19). The molecule has 1 heterocycles. The molecule has 1 atom stereocenters. The summed E-state index contributed by atoms with van der Waals surface area (Å²) in [6.45, 7) is 8.23. The highest BCUT2D eigenvalue weighted by molar-refractivity contribution is 5.89. The number of carbonyl (C=O) groups is 2. The van der Waals surface area contributed by atoms with Crippen LogP contribution in [0, 0.1) is 6.92 Å². The Labute approximate surface area is 118 Å². The Balaban J connectivity index is 2.93. The van der Waals surface area contributed by atoms with Gasteiger partial charge in [0, 0.05) is 18.8 Å². The van der Waals surface area contributed by atoms with Crippen molar-refractivity contribution in [1.82, 2.24) is 9.88 Å². The molecule has 0 aromatic carbocycles. The minimum absolute atomic E-state index is 0.108. The summed E-state index contributed by atoms with van der Waals surface area (Å²) in [5, 5.41) is 9.11. The predicted octanol–water partition coefficient (Wildman–Crippen LogP) is 1.72. The number of carboxylic acid groups (broad SMARTS) is 1. The van der Waals surface area contributed by atoms with E-state index in [0.717, 1.165) is 0 Å². The molecule has 1 amide bonds. The first-order valence-electron chi connectivity index (χ1n) is 6.57. The summed E-state index contributed by atoms with van der Waals surface area (Å²) in [5.74, 6) is -1.24. The van der Waals surface area contributed by atoms with Gasteiger partial charge < -0.3 is 14.7 Å². The molecule has 1 N–H and O–H groups in total. The van der Waals surface area contributed by atoms with E-state index in [1.807, 2.05) is 13.8 Å². The van der Waals surface area contributed by atoms with Gasteiger partial charge in [0.05, 0.1) is 0 Å². The van der Waals surface area contributed by atoms with Crippen molar-refractivity contribution in [2.45, 2.75) is 33.8 Å². The molecule has 1 aromatic rings. The number of nitrogens with zero attached hydrogens (tertiary/aromatic N) is 2. The number of aromatic carboxylic acids is 1. The van der Waals surface area contributed by atoms with Gasteiger partial charge in [0.25, 0.3) is 5.91 Å². The van der Waals surface area contributed by atoms with Gasteiger partial charge in [-0.15, -0.1) is 0 Å². The summed E-state index contributed by atoms with van der Waals surface area (Å²) in [5.41, 5.74) is 0.404. The zero-order valence-corrected chi connectivity index (χ0v) is 12.2. The lowest BCUT2D eigenvalue weighted by molar-refractivity contribution is -0.137. The molecule has 0 aliphatic rings. The SMILES string of the molecule is CCN(CC)C(=O)C(C)Oc1ccc(C)nc1C(=O)O. The molecule has 20 heavy (non-hydrogen) atoms. The molecule has 0 radical (unpaired) electrons. The van der Waals surface area contributed by atoms with Gasteiger partial charge >= 0.3 is 5.97 Å². The first-order valence-corrected chi connectivity index (χ1v) is 6.57. The molecule has 0 bridgehead atoms. The Bertz CT molecular complexity index is 498. The van der Waals surface area contributed by atoms with Crippen LogP contribution in [0.5, 0.6) is 5.75 Å². The van der Waals surface area contributed by atoms with E-state index in [4.69, 9.17) is 9.84 Å². The summed E-state index contributed by atoms with van der Waals surface area (Å²) in [4.78, 5) is 28.8. The average molecular weight is 280 g/mol. The Hall–Kier alpha value is -2.11. The smallest absolute Gasteiger partial charge is 0.358 e. The first kappa shape index (κ1) is 15.9. The van der Waals surface area contributed by atoms with E-state index in [9.17, 15) is 9.59 Å². The molecule has 0 aliphatic carbocycles. The van der Waals surface area contributed by atoms with Crippen LogP contribution in [0.1, 0.15) is 37.0 Å². The van der Waals surface area contributed by atoms with E-state index in [1.165, 1.54) is 6.07 Å². The summed E-state index contributed by atoms with van der Waals surface area (Å²) in [6, 6.07) is 3.17. The molecule has 6 nitrogen and oxygen atoms in total. The number of hydrogen-bond donors (Lipinski definition) is 1. The molecule has 1 rings (SSSR count). The van der Waals surface area contributed by atoms with Crippen LogP contribution in [0.2, 0.25) is 0 Å². The Morgan fingerprint density at radius 3 is 2.45 bits per heavy atom. The predicted molar refractivity (Wildman–Crippen MR) is 74.0 cm³/mol. The molecule has 0 fully saturated rings. The minimum atomic E-state index is -1.17. The topological polar surface area (TPSA) is 79.7 Å². The average Bonchev–Trinajstić information content (AvgIpc) is 2.41. The Morgan fingerprint density at radius 2 is 1.95 bits per heavy atom. The van der Waals surface area contributed by atoms with Crippen LogP contribution in [0.4, 0.5) is 0 Å². The molecule has 0 spiro atoms. The quantitative estimate of drug-likeness (QED) is 0.858. The summed E-state index contributed by atoms with van der Waals surface area (Å²) in [6.07, 6.45) is -0.752. The van der Waals surface area contributed by atoms with Crippen LogP contribution in [-0.2, 0) is 4.79 Å². The number of carbonyl (C=O) groups excluding carboxylic acids is 1. The number of aromatic nitrogens is 1. The van der Waals surface area contributed by atoms with Crippen LogP contribution >= 0.6 is 0 Å². The zero-order valence-electron chi connectivity index (χ0n) is 12.2. The normalized spacial score (nSPS) is 11.8. The molecule has 0 aliphatic heterocycles. The van der Waals surface area contributed by atoms with Gasteiger partial charge in [0.1, 0.15) is 0 Å². The van der Waals surface area contributed by atoms with Gasteiger partial charge in [-0.3, -0.25) is 4.79 Å².